The van der Waals surface area contributed by atoms with Crippen LogP contribution in [0.3, 0.4) is 0 Å². The maximum absolute atomic E-state index is 12.3. The lowest BCUT2D eigenvalue weighted by molar-refractivity contribution is -0.131. The Morgan fingerprint density at radius 1 is 1.29 bits per heavy atom. The van der Waals surface area contributed by atoms with Crippen molar-refractivity contribution < 1.29 is 4.79 Å². The largest absolute Gasteiger partial charge is 0.340 e. The number of hydrogen-bond acceptors (Lipinski definition) is 4. The van der Waals surface area contributed by atoms with Crippen LogP contribution < -0.4 is 16.6 Å². The van der Waals surface area contributed by atoms with Gasteiger partial charge in [0.15, 0.2) is 0 Å². The molecule has 0 aromatic carbocycles. The van der Waals surface area contributed by atoms with E-state index in [-0.39, 0.29) is 12.5 Å². The summed E-state index contributed by atoms with van der Waals surface area (Å²) in [4.78, 5) is 38.1. The molecule has 116 valence electrons. The van der Waals surface area contributed by atoms with Crippen molar-refractivity contribution in [3.8, 4) is 0 Å². The Morgan fingerprint density at radius 2 is 2.10 bits per heavy atom. The molecule has 0 radical (unpaired) electrons. The minimum absolute atomic E-state index is 0.174. The molecular formula is C14H22N4O3. The molecule has 0 aliphatic carbocycles. The first-order valence-electron chi connectivity index (χ1n) is 7.42. The van der Waals surface area contributed by atoms with Crippen LogP contribution in [0.1, 0.15) is 19.8 Å². The summed E-state index contributed by atoms with van der Waals surface area (Å²) in [7, 11) is 0. The van der Waals surface area contributed by atoms with Crippen molar-refractivity contribution in [3.05, 3.63) is 33.1 Å². The van der Waals surface area contributed by atoms with Crippen LogP contribution in [-0.2, 0) is 17.9 Å². The van der Waals surface area contributed by atoms with Gasteiger partial charge in [0.25, 0.3) is 5.56 Å². The first-order valence-corrected chi connectivity index (χ1v) is 7.42. The predicted molar refractivity (Wildman–Crippen MR) is 79.3 cm³/mol. The lowest BCUT2D eigenvalue weighted by Gasteiger charge is -2.20. The van der Waals surface area contributed by atoms with E-state index in [1.807, 2.05) is 6.92 Å². The first kappa shape index (κ1) is 15.5. The van der Waals surface area contributed by atoms with Gasteiger partial charge in [0.2, 0.25) is 5.91 Å². The summed E-state index contributed by atoms with van der Waals surface area (Å²) in [5, 5.41) is 3.22. The van der Waals surface area contributed by atoms with E-state index in [0.717, 1.165) is 30.5 Å². The molecule has 7 heteroatoms. The maximum atomic E-state index is 12.3. The van der Waals surface area contributed by atoms with Crippen LogP contribution in [0.25, 0.3) is 0 Å². The highest BCUT2D eigenvalue weighted by Crippen LogP contribution is 1.97. The number of amides is 1. The van der Waals surface area contributed by atoms with Gasteiger partial charge in [-0.1, -0.05) is 6.92 Å². The van der Waals surface area contributed by atoms with Crippen molar-refractivity contribution in [1.82, 2.24) is 19.4 Å². The van der Waals surface area contributed by atoms with Crippen LogP contribution in [-0.4, -0.2) is 46.1 Å². The van der Waals surface area contributed by atoms with E-state index in [0.29, 0.717) is 19.6 Å². The molecule has 1 amide bonds. The second-order valence-corrected chi connectivity index (χ2v) is 5.20. The fraction of sp³-hybridized carbons (Fsp3) is 0.643. The number of aryl methyl sites for hydroxylation is 1. The molecule has 2 heterocycles. The van der Waals surface area contributed by atoms with Crippen molar-refractivity contribution in [3.63, 3.8) is 0 Å². The minimum Gasteiger partial charge on any atom is -0.340 e. The van der Waals surface area contributed by atoms with Gasteiger partial charge in [-0.25, -0.2) is 4.79 Å². The zero-order valence-corrected chi connectivity index (χ0v) is 12.4. The first-order chi connectivity index (χ1) is 10.1. The van der Waals surface area contributed by atoms with Crippen LogP contribution in [0.5, 0.6) is 0 Å². The number of rotatable bonds is 4. The summed E-state index contributed by atoms with van der Waals surface area (Å²) in [6.45, 7) is 5.23. The predicted octanol–water partition coefficient (Wildman–Crippen LogP) is -0.758. The van der Waals surface area contributed by atoms with Crippen LogP contribution in [0.4, 0.5) is 0 Å². The molecule has 1 aliphatic heterocycles. The Balaban J connectivity index is 2.18. The highest BCUT2D eigenvalue weighted by atomic mass is 16.2. The number of aromatic nitrogens is 2. The van der Waals surface area contributed by atoms with E-state index < -0.39 is 11.2 Å². The Hall–Kier alpha value is -1.89. The Labute approximate surface area is 123 Å². The topological polar surface area (TPSA) is 76.3 Å². The molecule has 1 fully saturated rings. The van der Waals surface area contributed by atoms with E-state index in [1.165, 1.54) is 16.8 Å². The summed E-state index contributed by atoms with van der Waals surface area (Å²) in [5.41, 5.74) is -0.834. The van der Waals surface area contributed by atoms with Gasteiger partial charge in [-0.3, -0.25) is 14.2 Å². The fourth-order valence-electron chi connectivity index (χ4n) is 2.44. The molecule has 21 heavy (non-hydrogen) atoms. The molecule has 1 aliphatic rings. The second kappa shape index (κ2) is 7.21. The SMILES string of the molecule is CCCn1ccc(=O)n(CC(=O)N2CCCNCC2)c1=O. The summed E-state index contributed by atoms with van der Waals surface area (Å²) in [6, 6.07) is 1.34. The molecule has 0 atom stereocenters. The highest BCUT2D eigenvalue weighted by Gasteiger charge is 2.17. The number of nitrogens with zero attached hydrogens (tertiary/aromatic N) is 3. The molecular weight excluding hydrogens is 272 g/mol. The number of hydrogen-bond donors (Lipinski definition) is 1. The summed E-state index contributed by atoms with van der Waals surface area (Å²) in [5.74, 6) is -0.174. The van der Waals surface area contributed by atoms with Gasteiger partial charge in [0.05, 0.1) is 0 Å². The van der Waals surface area contributed by atoms with Gasteiger partial charge in [-0.15, -0.1) is 0 Å². The Kier molecular flexibility index (Phi) is 5.32. The maximum Gasteiger partial charge on any atom is 0.331 e. The molecule has 0 spiro atoms. The van der Waals surface area contributed by atoms with Gasteiger partial charge in [-0.2, -0.15) is 0 Å². The molecule has 0 bridgehead atoms. The average Bonchev–Trinajstić information content (AvgIpc) is 2.75. The highest BCUT2D eigenvalue weighted by molar-refractivity contribution is 5.76. The van der Waals surface area contributed by atoms with E-state index in [2.05, 4.69) is 5.32 Å². The Morgan fingerprint density at radius 3 is 2.86 bits per heavy atom. The Bertz CT molecular complexity index is 597. The van der Waals surface area contributed by atoms with Crippen LogP contribution in [0.2, 0.25) is 0 Å². The second-order valence-electron chi connectivity index (χ2n) is 5.20. The molecule has 0 unspecified atom stereocenters. The van der Waals surface area contributed by atoms with Gasteiger partial charge >= 0.3 is 5.69 Å². The third-order valence-corrected chi connectivity index (χ3v) is 3.59. The lowest BCUT2D eigenvalue weighted by Crippen LogP contribution is -2.45. The molecule has 7 nitrogen and oxygen atoms in total. The van der Waals surface area contributed by atoms with Crippen molar-refractivity contribution in [2.24, 2.45) is 0 Å². The van der Waals surface area contributed by atoms with Crippen molar-refractivity contribution in [1.29, 1.82) is 0 Å². The third kappa shape index (κ3) is 3.81. The molecule has 2 rings (SSSR count). The number of carbonyl (C=O) groups is 1. The van der Waals surface area contributed by atoms with Crippen LogP contribution in [0, 0.1) is 0 Å². The third-order valence-electron chi connectivity index (χ3n) is 3.59. The molecule has 1 saturated heterocycles. The summed E-state index contributed by atoms with van der Waals surface area (Å²) >= 11 is 0. The quantitative estimate of drug-likeness (QED) is 0.792. The van der Waals surface area contributed by atoms with E-state index in [1.54, 1.807) is 4.90 Å². The normalized spacial score (nSPS) is 15.8. The molecule has 1 N–H and O–H groups in total. The monoisotopic (exact) mass is 294 g/mol. The van der Waals surface area contributed by atoms with Crippen LogP contribution in [0.15, 0.2) is 21.9 Å². The van der Waals surface area contributed by atoms with Crippen molar-refractivity contribution in [2.75, 3.05) is 26.2 Å². The van der Waals surface area contributed by atoms with Gasteiger partial charge in [0.1, 0.15) is 6.54 Å². The number of carbonyl (C=O) groups excluding carboxylic acids is 1. The summed E-state index contributed by atoms with van der Waals surface area (Å²) < 4.78 is 2.50. The average molecular weight is 294 g/mol. The van der Waals surface area contributed by atoms with Crippen molar-refractivity contribution in [2.45, 2.75) is 32.9 Å². The summed E-state index contributed by atoms with van der Waals surface area (Å²) in [6.07, 6.45) is 3.17. The van der Waals surface area contributed by atoms with Gasteiger partial charge in [0, 0.05) is 38.4 Å². The molecule has 1 aromatic rings. The van der Waals surface area contributed by atoms with Crippen LogP contribution >= 0.6 is 0 Å². The smallest absolute Gasteiger partial charge is 0.331 e. The molecule has 1 aromatic heterocycles. The standard InChI is InChI=1S/C14H22N4O3/c1-2-7-17-9-4-12(19)18(14(17)21)11-13(20)16-8-3-5-15-6-10-16/h4,9,15H,2-3,5-8,10-11H2,1H3. The molecule has 0 saturated carbocycles. The van der Waals surface area contributed by atoms with E-state index in [9.17, 15) is 14.4 Å². The number of nitrogens with one attached hydrogen (secondary N) is 1. The van der Waals surface area contributed by atoms with Crippen molar-refractivity contribution >= 4 is 5.91 Å². The fourth-order valence-corrected chi connectivity index (χ4v) is 2.44. The van der Waals surface area contributed by atoms with E-state index in [4.69, 9.17) is 0 Å². The zero-order chi connectivity index (χ0) is 15.2. The van der Waals surface area contributed by atoms with Gasteiger partial charge in [-0.05, 0) is 19.4 Å². The van der Waals surface area contributed by atoms with Gasteiger partial charge < -0.3 is 14.8 Å². The zero-order valence-electron chi connectivity index (χ0n) is 12.4. The van der Waals surface area contributed by atoms with E-state index >= 15 is 0 Å². The lowest BCUT2D eigenvalue weighted by atomic mass is 10.3. The minimum atomic E-state index is -0.423.